The fourth-order valence-corrected chi connectivity index (χ4v) is 5.77. The highest BCUT2D eigenvalue weighted by molar-refractivity contribution is 7.91. The van der Waals surface area contributed by atoms with Gasteiger partial charge in [-0.15, -0.1) is 0 Å². The number of rotatable bonds is 7. The Morgan fingerprint density at radius 1 is 1.11 bits per heavy atom. The van der Waals surface area contributed by atoms with Gasteiger partial charge in [0.2, 0.25) is 0 Å². The van der Waals surface area contributed by atoms with Crippen LogP contribution in [0.4, 0.5) is 13.2 Å². The van der Waals surface area contributed by atoms with Gasteiger partial charge in [-0.1, -0.05) is 19.1 Å². The lowest BCUT2D eigenvalue weighted by atomic mass is 9.81. The Bertz CT molecular complexity index is 1160. The molecule has 35 heavy (non-hydrogen) atoms. The maximum atomic E-state index is 12.9. The van der Waals surface area contributed by atoms with E-state index < -0.39 is 21.9 Å². The Kier molecular flexibility index (Phi) is 7.51. The molecule has 2 aromatic rings. The lowest BCUT2D eigenvalue weighted by Crippen LogP contribution is -2.32. The first-order valence-corrected chi connectivity index (χ1v) is 13.6. The molecule has 6 nitrogen and oxygen atoms in total. The number of sulfone groups is 1. The summed E-state index contributed by atoms with van der Waals surface area (Å²) in [5.41, 5.74) is 3.10. The zero-order valence-corrected chi connectivity index (χ0v) is 20.5. The SMILES string of the molecule is CCS(=O)(=O)c1ccc(CNC(=O)c2cnc3c(c2)CN(CC2CCC(C(F)(F)F)CC2)C3)cc1. The molecule has 1 aliphatic heterocycles. The van der Waals surface area contributed by atoms with Crippen LogP contribution in [-0.2, 0) is 29.5 Å². The van der Waals surface area contributed by atoms with E-state index in [0.29, 0.717) is 31.5 Å². The molecular formula is C25H30F3N3O3S. The maximum Gasteiger partial charge on any atom is 0.391 e. The van der Waals surface area contributed by atoms with Crippen molar-refractivity contribution in [3.05, 3.63) is 58.9 Å². The van der Waals surface area contributed by atoms with Crippen molar-refractivity contribution in [3.8, 4) is 0 Å². The topological polar surface area (TPSA) is 79.4 Å². The fraction of sp³-hybridized carbons (Fsp3) is 0.520. The molecule has 2 heterocycles. The molecule has 4 rings (SSSR count). The van der Waals surface area contributed by atoms with Crippen LogP contribution in [0.2, 0.25) is 0 Å². The number of amides is 1. The zero-order valence-electron chi connectivity index (χ0n) is 19.6. The Morgan fingerprint density at radius 2 is 1.80 bits per heavy atom. The van der Waals surface area contributed by atoms with Crippen LogP contribution in [0, 0.1) is 11.8 Å². The molecule has 1 aromatic heterocycles. The largest absolute Gasteiger partial charge is 0.391 e. The average molecular weight is 510 g/mol. The molecule has 0 spiro atoms. The van der Waals surface area contributed by atoms with Crippen molar-refractivity contribution >= 4 is 15.7 Å². The molecular weight excluding hydrogens is 479 g/mol. The highest BCUT2D eigenvalue weighted by atomic mass is 32.2. The minimum Gasteiger partial charge on any atom is -0.348 e. The van der Waals surface area contributed by atoms with Crippen LogP contribution in [0.15, 0.2) is 41.4 Å². The zero-order chi connectivity index (χ0) is 25.2. The Balaban J connectivity index is 1.29. The molecule has 1 saturated carbocycles. The van der Waals surface area contributed by atoms with Gasteiger partial charge in [0.05, 0.1) is 27.8 Å². The van der Waals surface area contributed by atoms with Crippen LogP contribution in [0.3, 0.4) is 0 Å². The van der Waals surface area contributed by atoms with Gasteiger partial charge < -0.3 is 5.32 Å². The van der Waals surface area contributed by atoms with E-state index in [1.807, 2.05) is 6.07 Å². The first-order valence-electron chi connectivity index (χ1n) is 11.9. The minimum atomic E-state index is -4.09. The molecule has 2 aliphatic rings. The van der Waals surface area contributed by atoms with E-state index in [2.05, 4.69) is 15.2 Å². The second-order valence-corrected chi connectivity index (χ2v) is 11.8. The number of halogens is 3. The molecule has 0 unspecified atom stereocenters. The van der Waals surface area contributed by atoms with Gasteiger partial charge in [-0.2, -0.15) is 13.2 Å². The van der Waals surface area contributed by atoms with E-state index in [0.717, 1.165) is 23.4 Å². The van der Waals surface area contributed by atoms with Gasteiger partial charge in [0, 0.05) is 32.4 Å². The van der Waals surface area contributed by atoms with Crippen LogP contribution >= 0.6 is 0 Å². The number of nitrogens with one attached hydrogen (secondary N) is 1. The van der Waals surface area contributed by atoms with Crippen molar-refractivity contribution in [2.45, 2.75) is 63.3 Å². The lowest BCUT2D eigenvalue weighted by molar-refractivity contribution is -0.184. The van der Waals surface area contributed by atoms with Gasteiger partial charge in [-0.25, -0.2) is 8.42 Å². The summed E-state index contributed by atoms with van der Waals surface area (Å²) in [4.78, 5) is 19.6. The highest BCUT2D eigenvalue weighted by Gasteiger charge is 2.41. The number of aromatic nitrogens is 1. The predicted molar refractivity (Wildman–Crippen MR) is 125 cm³/mol. The summed E-state index contributed by atoms with van der Waals surface area (Å²) in [6.07, 6.45) is -0.964. The van der Waals surface area contributed by atoms with E-state index in [-0.39, 0.29) is 41.9 Å². The maximum absolute atomic E-state index is 12.9. The van der Waals surface area contributed by atoms with Crippen LogP contribution < -0.4 is 5.32 Å². The number of nitrogens with zero attached hydrogens (tertiary/aromatic N) is 2. The van der Waals surface area contributed by atoms with Crippen molar-refractivity contribution in [2.24, 2.45) is 11.8 Å². The molecule has 0 bridgehead atoms. The molecule has 0 atom stereocenters. The van der Waals surface area contributed by atoms with E-state index in [1.54, 1.807) is 37.4 Å². The molecule has 1 aromatic carbocycles. The van der Waals surface area contributed by atoms with E-state index in [9.17, 15) is 26.4 Å². The Hall–Kier alpha value is -2.46. The molecule has 1 N–H and O–H groups in total. The Labute approximate surface area is 203 Å². The summed E-state index contributed by atoms with van der Waals surface area (Å²) in [5.74, 6) is -1.15. The highest BCUT2D eigenvalue weighted by Crippen LogP contribution is 2.40. The standard InChI is InChI=1S/C25H30F3N3O3S/c1-2-35(33,34)22-9-5-17(6-10-22)12-30-24(32)19-11-20-15-31(16-23(20)29-13-19)14-18-3-7-21(8-4-18)25(26,27)28/h5-6,9-11,13,18,21H,2-4,7-8,12,14-16H2,1H3,(H,30,32). The van der Waals surface area contributed by atoms with E-state index in [4.69, 9.17) is 0 Å². The first-order chi connectivity index (χ1) is 16.5. The number of hydrogen-bond acceptors (Lipinski definition) is 5. The van der Waals surface area contributed by atoms with E-state index >= 15 is 0 Å². The third kappa shape index (κ3) is 6.22. The van der Waals surface area contributed by atoms with Crippen LogP contribution in [0.5, 0.6) is 0 Å². The van der Waals surface area contributed by atoms with Gasteiger partial charge in [-0.05, 0) is 60.9 Å². The molecule has 1 aliphatic carbocycles. The molecule has 1 fully saturated rings. The molecule has 10 heteroatoms. The fourth-order valence-electron chi connectivity index (χ4n) is 4.88. The van der Waals surface area contributed by atoms with Crippen molar-refractivity contribution in [3.63, 3.8) is 0 Å². The third-order valence-electron chi connectivity index (χ3n) is 7.03. The van der Waals surface area contributed by atoms with Crippen molar-refractivity contribution in [2.75, 3.05) is 12.3 Å². The van der Waals surface area contributed by atoms with E-state index in [1.165, 1.54) is 0 Å². The quantitative estimate of drug-likeness (QED) is 0.595. The van der Waals surface area contributed by atoms with Crippen molar-refractivity contribution < 1.29 is 26.4 Å². The number of pyridine rings is 1. The van der Waals surface area contributed by atoms with Gasteiger partial charge in [0.1, 0.15) is 0 Å². The summed E-state index contributed by atoms with van der Waals surface area (Å²) >= 11 is 0. The smallest absolute Gasteiger partial charge is 0.348 e. The monoisotopic (exact) mass is 509 g/mol. The minimum absolute atomic E-state index is 0.0328. The van der Waals surface area contributed by atoms with Gasteiger partial charge in [0.15, 0.2) is 9.84 Å². The third-order valence-corrected chi connectivity index (χ3v) is 8.78. The molecule has 0 radical (unpaired) electrons. The lowest BCUT2D eigenvalue weighted by Gasteiger charge is -2.32. The van der Waals surface area contributed by atoms with Gasteiger partial charge in [0.25, 0.3) is 5.91 Å². The summed E-state index contributed by atoms with van der Waals surface area (Å²) in [6, 6.07) is 8.28. The van der Waals surface area contributed by atoms with Crippen LogP contribution in [0.1, 0.15) is 59.8 Å². The van der Waals surface area contributed by atoms with Crippen molar-refractivity contribution in [1.82, 2.24) is 15.2 Å². The van der Waals surface area contributed by atoms with Crippen LogP contribution in [0.25, 0.3) is 0 Å². The number of alkyl halides is 3. The Morgan fingerprint density at radius 3 is 2.43 bits per heavy atom. The summed E-state index contributed by atoms with van der Waals surface area (Å²) < 4.78 is 62.6. The second kappa shape index (κ2) is 10.3. The summed E-state index contributed by atoms with van der Waals surface area (Å²) in [6.45, 7) is 3.87. The van der Waals surface area contributed by atoms with Gasteiger partial charge >= 0.3 is 6.18 Å². The number of hydrogen-bond donors (Lipinski definition) is 1. The normalized spacial score (nSPS) is 21.0. The second-order valence-electron chi connectivity index (χ2n) is 9.49. The van der Waals surface area contributed by atoms with Gasteiger partial charge in [-0.3, -0.25) is 14.7 Å². The molecule has 190 valence electrons. The molecule has 1 amide bonds. The van der Waals surface area contributed by atoms with Crippen molar-refractivity contribution in [1.29, 1.82) is 0 Å². The number of fused-ring (bicyclic) bond motifs is 1. The molecule has 0 saturated heterocycles. The number of benzene rings is 1. The number of carbonyl (C=O) groups excluding carboxylic acids is 1. The summed E-state index contributed by atoms with van der Waals surface area (Å²) in [7, 11) is -3.26. The average Bonchev–Trinajstić information content (AvgIpc) is 3.24. The summed E-state index contributed by atoms with van der Waals surface area (Å²) in [5, 5.41) is 2.84. The predicted octanol–water partition coefficient (Wildman–Crippen LogP) is 4.49. The van der Waals surface area contributed by atoms with Crippen LogP contribution in [-0.4, -0.2) is 42.7 Å². The first kappa shape index (κ1) is 25.6. The number of carbonyl (C=O) groups is 1.